The monoisotopic (exact) mass is 521 g/mol. The molecule has 1 aromatic heterocycles. The number of esters is 5. The van der Waals surface area contributed by atoms with Crippen LogP contribution in [0.5, 0.6) is 5.75 Å². The predicted molar refractivity (Wildman–Crippen MR) is 122 cm³/mol. The number of benzene rings is 1. The fraction of sp³-hybridized carbons (Fsp3) is 0.458. The molecule has 5 atom stereocenters. The Balaban J connectivity index is 2.11. The third kappa shape index (κ3) is 6.55. The minimum atomic E-state index is -1.51. The minimum Gasteiger partial charge on any atom is -0.464 e. The molecule has 3 rings (SSSR count). The van der Waals surface area contributed by atoms with E-state index in [1.807, 2.05) is 0 Å². The number of hydrogen-bond donors (Lipinski definition) is 1. The lowest BCUT2D eigenvalue weighted by Crippen LogP contribution is -2.63. The van der Waals surface area contributed by atoms with Gasteiger partial charge in [-0.3, -0.25) is 19.2 Å². The Kier molecular flexibility index (Phi) is 8.71. The topological polar surface area (TPSA) is 166 Å². The lowest BCUT2D eigenvalue weighted by molar-refractivity contribution is -0.288. The highest BCUT2D eigenvalue weighted by Crippen LogP contribution is 2.36. The van der Waals surface area contributed by atoms with Gasteiger partial charge in [0.1, 0.15) is 12.7 Å². The zero-order chi connectivity index (χ0) is 27.3. The van der Waals surface area contributed by atoms with Gasteiger partial charge in [0.2, 0.25) is 12.4 Å². The first kappa shape index (κ1) is 27.5. The molecule has 0 aliphatic carbocycles. The molecule has 13 nitrogen and oxygen atoms in total. The summed E-state index contributed by atoms with van der Waals surface area (Å²) in [4.78, 5) is 62.8. The fourth-order valence-corrected chi connectivity index (χ4v) is 3.88. The number of aromatic amines is 1. The molecule has 1 aromatic carbocycles. The average Bonchev–Trinajstić information content (AvgIpc) is 3.18. The largest absolute Gasteiger partial charge is 0.464 e. The molecule has 0 amide bonds. The first-order valence-corrected chi connectivity index (χ1v) is 11.2. The number of H-pyrrole nitrogens is 1. The molecule has 2 aromatic rings. The van der Waals surface area contributed by atoms with Crippen molar-refractivity contribution in [2.45, 2.75) is 58.4 Å². The van der Waals surface area contributed by atoms with Crippen LogP contribution in [-0.4, -0.2) is 79.3 Å². The van der Waals surface area contributed by atoms with E-state index in [9.17, 15) is 24.0 Å². The summed E-state index contributed by atoms with van der Waals surface area (Å²) in [6, 6.07) is 6.80. The number of aromatic nitrogens is 1. The van der Waals surface area contributed by atoms with Crippen LogP contribution in [0.1, 0.15) is 38.2 Å². The maximum Gasteiger partial charge on any atom is 0.358 e. The van der Waals surface area contributed by atoms with Gasteiger partial charge in [-0.25, -0.2) is 4.79 Å². The normalized spacial score (nSPS) is 23.0. The Hall–Kier alpha value is -4.13. The molecular weight excluding hydrogens is 494 g/mol. The quantitative estimate of drug-likeness (QED) is 0.393. The standard InChI is InChI=1S/C24H27NO12/c1-11(26)32-10-17-20(33-12(2)27)21(34-13(3)28)22(35-14(4)29)24(36-17)37-19-15-8-6-7-9-16(15)25-18(19)23(30)31-5/h6-9,17,20-22,24-25H,10H2,1-5H3/t17-,20-,21+,22-,24+/m0/s1. The molecule has 1 saturated heterocycles. The van der Waals surface area contributed by atoms with Gasteiger partial charge in [0.05, 0.1) is 7.11 Å². The molecule has 200 valence electrons. The Morgan fingerprint density at radius 2 is 1.43 bits per heavy atom. The van der Waals surface area contributed by atoms with Crippen LogP contribution in [0, 0.1) is 0 Å². The second kappa shape index (κ2) is 11.7. The maximum atomic E-state index is 12.5. The lowest BCUT2D eigenvalue weighted by Gasteiger charge is -2.43. The van der Waals surface area contributed by atoms with Gasteiger partial charge in [-0.05, 0) is 12.1 Å². The van der Waals surface area contributed by atoms with Gasteiger partial charge in [0, 0.05) is 38.6 Å². The highest BCUT2D eigenvalue weighted by atomic mass is 16.7. The molecule has 2 heterocycles. The first-order chi connectivity index (χ1) is 17.5. The first-order valence-electron chi connectivity index (χ1n) is 11.2. The number of methoxy groups -OCH3 is 1. The number of carbonyl (C=O) groups is 5. The molecule has 0 unspecified atom stereocenters. The Morgan fingerprint density at radius 3 is 2.03 bits per heavy atom. The smallest absolute Gasteiger partial charge is 0.358 e. The van der Waals surface area contributed by atoms with Crippen LogP contribution < -0.4 is 4.74 Å². The molecule has 1 aliphatic heterocycles. The molecule has 1 aliphatic rings. The van der Waals surface area contributed by atoms with Crippen molar-refractivity contribution in [3.8, 4) is 5.75 Å². The van der Waals surface area contributed by atoms with E-state index in [0.29, 0.717) is 10.9 Å². The van der Waals surface area contributed by atoms with Crippen molar-refractivity contribution in [1.82, 2.24) is 4.98 Å². The van der Waals surface area contributed by atoms with E-state index < -0.39 is 67.2 Å². The highest BCUT2D eigenvalue weighted by molar-refractivity contribution is 6.00. The van der Waals surface area contributed by atoms with Crippen molar-refractivity contribution in [3.05, 3.63) is 30.0 Å². The van der Waals surface area contributed by atoms with Gasteiger partial charge >= 0.3 is 29.8 Å². The van der Waals surface area contributed by atoms with Crippen LogP contribution in [0.15, 0.2) is 24.3 Å². The zero-order valence-electron chi connectivity index (χ0n) is 20.8. The number of fused-ring (bicyclic) bond motifs is 1. The summed E-state index contributed by atoms with van der Waals surface area (Å²) < 4.78 is 38.1. The van der Waals surface area contributed by atoms with E-state index in [4.69, 9.17) is 33.2 Å². The second-order valence-corrected chi connectivity index (χ2v) is 8.05. The van der Waals surface area contributed by atoms with Gasteiger partial charge < -0.3 is 38.1 Å². The van der Waals surface area contributed by atoms with Crippen molar-refractivity contribution < 1.29 is 57.1 Å². The van der Waals surface area contributed by atoms with Crippen LogP contribution in [0.3, 0.4) is 0 Å². The molecule has 37 heavy (non-hydrogen) atoms. The third-order valence-corrected chi connectivity index (χ3v) is 5.23. The van der Waals surface area contributed by atoms with Crippen molar-refractivity contribution in [2.24, 2.45) is 0 Å². The number of rotatable bonds is 8. The van der Waals surface area contributed by atoms with Gasteiger partial charge in [-0.15, -0.1) is 0 Å². The van der Waals surface area contributed by atoms with E-state index in [0.717, 1.165) is 27.7 Å². The third-order valence-electron chi connectivity index (χ3n) is 5.23. The summed E-state index contributed by atoms with van der Waals surface area (Å²) >= 11 is 0. The molecule has 0 spiro atoms. The number of para-hydroxylation sites is 1. The number of nitrogens with one attached hydrogen (secondary N) is 1. The van der Waals surface area contributed by atoms with Gasteiger partial charge in [0.15, 0.2) is 23.7 Å². The number of ether oxygens (including phenoxy) is 7. The molecule has 0 saturated carbocycles. The van der Waals surface area contributed by atoms with Gasteiger partial charge in [-0.2, -0.15) is 0 Å². The zero-order valence-corrected chi connectivity index (χ0v) is 20.8. The minimum absolute atomic E-state index is 0.00310. The van der Waals surface area contributed by atoms with Crippen molar-refractivity contribution in [3.63, 3.8) is 0 Å². The summed E-state index contributed by atoms with van der Waals surface area (Å²) in [7, 11) is 1.19. The van der Waals surface area contributed by atoms with Crippen LogP contribution in [0.2, 0.25) is 0 Å². The van der Waals surface area contributed by atoms with E-state index in [-0.39, 0.29) is 11.4 Å². The van der Waals surface area contributed by atoms with E-state index in [2.05, 4.69) is 4.98 Å². The Morgan fingerprint density at radius 1 is 0.838 bits per heavy atom. The maximum absolute atomic E-state index is 12.5. The Labute approximate surface area is 211 Å². The number of carbonyl (C=O) groups excluding carboxylic acids is 5. The summed E-state index contributed by atoms with van der Waals surface area (Å²) in [5.74, 6) is -3.73. The molecule has 0 bridgehead atoms. The SMILES string of the molecule is COC(=O)c1[nH]c2ccccc2c1O[C@H]1O[C@@H](COC(C)=O)[C@H](OC(C)=O)[C@@H](OC(C)=O)[C@@H]1OC(C)=O. The second-order valence-electron chi connectivity index (χ2n) is 8.05. The van der Waals surface area contributed by atoms with Crippen molar-refractivity contribution in [2.75, 3.05) is 13.7 Å². The average molecular weight is 521 g/mol. The highest BCUT2D eigenvalue weighted by Gasteiger charge is 2.53. The summed E-state index contributed by atoms with van der Waals surface area (Å²) in [6.45, 7) is 4.08. The van der Waals surface area contributed by atoms with Crippen LogP contribution in [0.4, 0.5) is 0 Å². The van der Waals surface area contributed by atoms with Crippen molar-refractivity contribution >= 4 is 40.7 Å². The predicted octanol–water partition coefficient (Wildman–Crippen LogP) is 1.42. The van der Waals surface area contributed by atoms with Crippen LogP contribution in [-0.2, 0) is 47.6 Å². The van der Waals surface area contributed by atoms with E-state index in [1.54, 1.807) is 24.3 Å². The van der Waals surface area contributed by atoms with Crippen LogP contribution in [0.25, 0.3) is 10.9 Å². The lowest BCUT2D eigenvalue weighted by atomic mass is 9.98. The van der Waals surface area contributed by atoms with Crippen LogP contribution >= 0.6 is 0 Å². The number of hydrogen-bond acceptors (Lipinski definition) is 12. The Bertz CT molecular complexity index is 1190. The summed E-state index contributed by atoms with van der Waals surface area (Å²) in [5.41, 5.74) is 0.472. The summed E-state index contributed by atoms with van der Waals surface area (Å²) in [5, 5.41) is 0.468. The molecule has 13 heteroatoms. The van der Waals surface area contributed by atoms with Crippen molar-refractivity contribution in [1.29, 1.82) is 0 Å². The molecule has 1 N–H and O–H groups in total. The molecule has 0 radical (unpaired) electrons. The van der Waals surface area contributed by atoms with E-state index >= 15 is 0 Å². The van der Waals surface area contributed by atoms with E-state index in [1.165, 1.54) is 7.11 Å². The molecule has 1 fully saturated rings. The summed E-state index contributed by atoms with van der Waals surface area (Å²) in [6.07, 6.45) is -6.94. The fourth-order valence-electron chi connectivity index (χ4n) is 3.88. The molecular formula is C24H27NO12. The van der Waals surface area contributed by atoms with Gasteiger partial charge in [0.25, 0.3) is 0 Å². The van der Waals surface area contributed by atoms with Gasteiger partial charge in [-0.1, -0.05) is 12.1 Å².